The number of rotatable bonds is 6. The predicted molar refractivity (Wildman–Crippen MR) is 69.8 cm³/mol. The van der Waals surface area contributed by atoms with Gasteiger partial charge in [-0.05, 0) is 44.6 Å². The van der Waals surface area contributed by atoms with Crippen molar-refractivity contribution in [2.24, 2.45) is 5.92 Å². The molecule has 17 heavy (non-hydrogen) atoms. The van der Waals surface area contributed by atoms with Crippen molar-refractivity contribution in [2.45, 2.75) is 45.1 Å². The van der Waals surface area contributed by atoms with E-state index in [1.807, 2.05) is 0 Å². The van der Waals surface area contributed by atoms with E-state index in [0.29, 0.717) is 18.5 Å². The van der Waals surface area contributed by atoms with E-state index in [9.17, 15) is 4.79 Å². The maximum Gasteiger partial charge on any atom is 0.234 e. The molecule has 1 atom stereocenters. The van der Waals surface area contributed by atoms with Crippen molar-refractivity contribution in [3.05, 3.63) is 12.2 Å². The molecule has 1 saturated carbocycles. The molecule has 3 heteroatoms. The lowest BCUT2D eigenvalue weighted by atomic mass is 9.94. The second-order valence-corrected chi connectivity index (χ2v) is 5.25. The van der Waals surface area contributed by atoms with E-state index in [0.717, 1.165) is 19.5 Å². The molecule has 2 aliphatic carbocycles. The summed E-state index contributed by atoms with van der Waals surface area (Å²) in [6, 6.07) is 0.684. The maximum atomic E-state index is 11.8. The first-order chi connectivity index (χ1) is 8.29. The standard InChI is InChI=1S/C14H24N2O/c1-2-16(13-8-9-13)11-14(17)15-10-12-6-4-3-5-7-12/h3-4,12-13H,2,5-11H2,1H3,(H,15,17). The first-order valence-electron chi connectivity index (χ1n) is 6.95. The molecule has 1 N–H and O–H groups in total. The van der Waals surface area contributed by atoms with Gasteiger partial charge in [-0.2, -0.15) is 0 Å². The number of allylic oxidation sites excluding steroid dienone is 2. The van der Waals surface area contributed by atoms with Gasteiger partial charge in [0, 0.05) is 12.6 Å². The summed E-state index contributed by atoms with van der Waals surface area (Å²) in [7, 11) is 0. The van der Waals surface area contributed by atoms with Crippen LogP contribution >= 0.6 is 0 Å². The topological polar surface area (TPSA) is 32.3 Å². The number of nitrogens with one attached hydrogen (secondary N) is 1. The highest BCUT2D eigenvalue weighted by Gasteiger charge is 2.28. The van der Waals surface area contributed by atoms with Gasteiger partial charge in [0.2, 0.25) is 5.91 Å². The van der Waals surface area contributed by atoms with Crippen molar-refractivity contribution in [3.8, 4) is 0 Å². The van der Waals surface area contributed by atoms with Crippen LogP contribution in [0.1, 0.15) is 39.0 Å². The molecule has 3 nitrogen and oxygen atoms in total. The van der Waals surface area contributed by atoms with Crippen molar-refractivity contribution in [1.82, 2.24) is 10.2 Å². The summed E-state index contributed by atoms with van der Waals surface area (Å²) >= 11 is 0. The Bertz CT molecular complexity index is 284. The number of amides is 1. The fraction of sp³-hybridized carbons (Fsp3) is 0.786. The molecule has 0 aromatic rings. The molecule has 0 aromatic carbocycles. The Labute approximate surface area is 104 Å². The van der Waals surface area contributed by atoms with Crippen molar-refractivity contribution in [1.29, 1.82) is 0 Å². The van der Waals surface area contributed by atoms with E-state index in [1.165, 1.54) is 25.7 Å². The molecule has 1 unspecified atom stereocenters. The maximum absolute atomic E-state index is 11.8. The zero-order valence-corrected chi connectivity index (χ0v) is 10.8. The lowest BCUT2D eigenvalue weighted by Crippen LogP contribution is -2.40. The summed E-state index contributed by atoms with van der Waals surface area (Å²) < 4.78 is 0. The van der Waals surface area contributed by atoms with Crippen LogP contribution in [0.2, 0.25) is 0 Å². The van der Waals surface area contributed by atoms with Crippen LogP contribution in [0.25, 0.3) is 0 Å². The molecule has 0 aromatic heterocycles. The minimum atomic E-state index is 0.202. The van der Waals surface area contributed by atoms with Crippen LogP contribution in [0.4, 0.5) is 0 Å². The SMILES string of the molecule is CCN(CC(=O)NCC1CC=CCC1)C1CC1. The Morgan fingerprint density at radius 3 is 2.76 bits per heavy atom. The Morgan fingerprint density at radius 1 is 1.35 bits per heavy atom. The lowest BCUT2D eigenvalue weighted by Gasteiger charge is -2.21. The van der Waals surface area contributed by atoms with E-state index in [4.69, 9.17) is 0 Å². The Hall–Kier alpha value is -0.830. The summed E-state index contributed by atoms with van der Waals surface area (Å²) in [5.74, 6) is 0.855. The van der Waals surface area contributed by atoms with Gasteiger partial charge in [0.25, 0.3) is 0 Å². The highest BCUT2D eigenvalue weighted by molar-refractivity contribution is 5.78. The van der Waals surface area contributed by atoms with Crippen LogP contribution in [-0.2, 0) is 4.79 Å². The Balaban J connectivity index is 1.64. The van der Waals surface area contributed by atoms with Crippen LogP contribution in [-0.4, -0.2) is 36.5 Å². The van der Waals surface area contributed by atoms with Crippen LogP contribution in [0.15, 0.2) is 12.2 Å². The molecule has 0 saturated heterocycles. The molecule has 0 spiro atoms. The molecule has 0 radical (unpaired) electrons. The first kappa shape index (κ1) is 12.6. The van der Waals surface area contributed by atoms with Crippen molar-refractivity contribution in [3.63, 3.8) is 0 Å². The third-order valence-corrected chi connectivity index (χ3v) is 3.78. The van der Waals surface area contributed by atoms with Crippen LogP contribution in [0.3, 0.4) is 0 Å². The summed E-state index contributed by atoms with van der Waals surface area (Å²) in [5, 5.41) is 3.09. The second kappa shape index (κ2) is 6.20. The first-order valence-corrected chi connectivity index (χ1v) is 6.95. The minimum Gasteiger partial charge on any atom is -0.355 e. The highest BCUT2D eigenvalue weighted by Crippen LogP contribution is 2.26. The van der Waals surface area contributed by atoms with Gasteiger partial charge >= 0.3 is 0 Å². The van der Waals surface area contributed by atoms with Gasteiger partial charge in [-0.25, -0.2) is 0 Å². The highest BCUT2D eigenvalue weighted by atomic mass is 16.2. The number of carbonyl (C=O) groups excluding carboxylic acids is 1. The predicted octanol–water partition coefficient (Wildman–Crippen LogP) is 1.94. The number of nitrogens with zero attached hydrogens (tertiary/aromatic N) is 1. The van der Waals surface area contributed by atoms with Gasteiger partial charge in [0.15, 0.2) is 0 Å². The zero-order chi connectivity index (χ0) is 12.1. The monoisotopic (exact) mass is 236 g/mol. The number of carbonyl (C=O) groups is 1. The minimum absolute atomic E-state index is 0.202. The van der Waals surface area contributed by atoms with E-state index >= 15 is 0 Å². The smallest absolute Gasteiger partial charge is 0.234 e. The number of hydrogen-bond acceptors (Lipinski definition) is 2. The van der Waals surface area contributed by atoms with Crippen molar-refractivity contribution in [2.75, 3.05) is 19.6 Å². The van der Waals surface area contributed by atoms with Crippen molar-refractivity contribution < 1.29 is 4.79 Å². The van der Waals surface area contributed by atoms with Crippen LogP contribution in [0, 0.1) is 5.92 Å². The Kier molecular flexibility index (Phi) is 4.60. The summed E-state index contributed by atoms with van der Waals surface area (Å²) in [5.41, 5.74) is 0. The quantitative estimate of drug-likeness (QED) is 0.715. The molecule has 0 heterocycles. The van der Waals surface area contributed by atoms with Gasteiger partial charge in [-0.15, -0.1) is 0 Å². The molecule has 1 fully saturated rings. The molecule has 0 bridgehead atoms. The fourth-order valence-electron chi connectivity index (χ4n) is 2.48. The lowest BCUT2D eigenvalue weighted by molar-refractivity contribution is -0.122. The van der Waals surface area contributed by atoms with Crippen molar-refractivity contribution >= 4 is 5.91 Å². The van der Waals surface area contributed by atoms with Gasteiger partial charge < -0.3 is 5.32 Å². The van der Waals surface area contributed by atoms with E-state index in [-0.39, 0.29) is 5.91 Å². The van der Waals surface area contributed by atoms with Gasteiger partial charge in [0.05, 0.1) is 6.54 Å². The third-order valence-electron chi connectivity index (χ3n) is 3.78. The fourth-order valence-corrected chi connectivity index (χ4v) is 2.48. The van der Waals surface area contributed by atoms with E-state index in [2.05, 4.69) is 29.3 Å². The molecular weight excluding hydrogens is 212 g/mol. The Morgan fingerprint density at radius 2 is 2.18 bits per heavy atom. The largest absolute Gasteiger partial charge is 0.355 e. The molecule has 96 valence electrons. The molecule has 2 rings (SSSR count). The van der Waals surface area contributed by atoms with Gasteiger partial charge in [-0.3, -0.25) is 9.69 Å². The summed E-state index contributed by atoms with van der Waals surface area (Å²) in [6.45, 7) is 4.57. The number of likely N-dealkylation sites (N-methyl/N-ethyl adjacent to an activating group) is 1. The molecule has 1 amide bonds. The molecule has 2 aliphatic rings. The zero-order valence-electron chi connectivity index (χ0n) is 10.8. The summed E-state index contributed by atoms with van der Waals surface area (Å²) in [6.07, 6.45) is 10.5. The molecule has 0 aliphatic heterocycles. The molecular formula is C14H24N2O. The van der Waals surface area contributed by atoms with E-state index < -0.39 is 0 Å². The van der Waals surface area contributed by atoms with E-state index in [1.54, 1.807) is 0 Å². The van der Waals surface area contributed by atoms with Crippen LogP contribution in [0.5, 0.6) is 0 Å². The van der Waals surface area contributed by atoms with Crippen LogP contribution < -0.4 is 5.32 Å². The number of hydrogen-bond donors (Lipinski definition) is 1. The third kappa shape index (κ3) is 4.15. The average molecular weight is 236 g/mol. The summed E-state index contributed by atoms with van der Waals surface area (Å²) in [4.78, 5) is 14.1. The van der Waals surface area contributed by atoms with Gasteiger partial charge in [-0.1, -0.05) is 19.1 Å². The second-order valence-electron chi connectivity index (χ2n) is 5.25. The normalized spacial score (nSPS) is 24.0. The average Bonchev–Trinajstić information content (AvgIpc) is 3.19. The van der Waals surface area contributed by atoms with Gasteiger partial charge in [0.1, 0.15) is 0 Å².